The molecule has 1 aromatic carbocycles. The number of aromatic nitrogens is 1. The van der Waals surface area contributed by atoms with Gasteiger partial charge in [0.15, 0.2) is 0 Å². The van der Waals surface area contributed by atoms with E-state index < -0.39 is 6.10 Å². The van der Waals surface area contributed by atoms with Crippen molar-refractivity contribution in [2.45, 2.75) is 19.6 Å². The number of aliphatic hydroxyl groups is 1. The number of anilines is 1. The number of rotatable bonds is 4. The molecule has 2 aromatic rings. The first kappa shape index (κ1) is 15.8. The first-order valence-corrected chi connectivity index (χ1v) is 8.02. The molecule has 0 saturated carbocycles. The van der Waals surface area contributed by atoms with Gasteiger partial charge in [0.1, 0.15) is 11.6 Å². The molecular weight excluding hydrogens is 290 g/mol. The van der Waals surface area contributed by atoms with Crippen LogP contribution in [0.4, 0.5) is 5.82 Å². The Balaban J connectivity index is 1.59. The molecule has 122 valence electrons. The van der Waals surface area contributed by atoms with Gasteiger partial charge in [0.25, 0.3) is 0 Å². The van der Waals surface area contributed by atoms with Crippen molar-refractivity contribution < 1.29 is 10.2 Å². The van der Waals surface area contributed by atoms with Crippen molar-refractivity contribution in [2.24, 2.45) is 0 Å². The number of nitrogens with zero attached hydrogens (tertiary/aromatic N) is 3. The van der Waals surface area contributed by atoms with Crippen molar-refractivity contribution in [1.82, 2.24) is 9.88 Å². The van der Waals surface area contributed by atoms with Crippen LogP contribution in [0.15, 0.2) is 42.5 Å². The van der Waals surface area contributed by atoms with Gasteiger partial charge in [-0.2, -0.15) is 0 Å². The lowest BCUT2D eigenvalue weighted by Gasteiger charge is -2.35. The Morgan fingerprint density at radius 3 is 2.52 bits per heavy atom. The smallest absolute Gasteiger partial charge is 0.129 e. The Morgan fingerprint density at radius 1 is 1.09 bits per heavy atom. The quantitative estimate of drug-likeness (QED) is 0.906. The summed E-state index contributed by atoms with van der Waals surface area (Å²) in [5.74, 6) is 1.25. The van der Waals surface area contributed by atoms with Gasteiger partial charge in [0.2, 0.25) is 0 Å². The minimum atomic E-state index is -0.540. The molecule has 1 aliphatic heterocycles. The standard InChI is InChI=1S/C18H23N3O2/c1-14(22)17-6-3-7-18(19-17)21-10-8-20(9-11-21)13-15-4-2-5-16(23)12-15/h2-7,12,14,22-23H,8-11,13H2,1H3. The molecule has 1 aromatic heterocycles. The van der Waals surface area contributed by atoms with E-state index in [4.69, 9.17) is 0 Å². The average Bonchev–Trinajstić information content (AvgIpc) is 2.56. The van der Waals surface area contributed by atoms with Crippen LogP contribution in [0.25, 0.3) is 0 Å². The van der Waals surface area contributed by atoms with Crippen LogP contribution in [0.5, 0.6) is 5.75 Å². The second-order valence-electron chi connectivity index (χ2n) is 6.03. The molecule has 23 heavy (non-hydrogen) atoms. The highest BCUT2D eigenvalue weighted by atomic mass is 16.3. The van der Waals surface area contributed by atoms with Crippen molar-refractivity contribution >= 4 is 5.82 Å². The van der Waals surface area contributed by atoms with Gasteiger partial charge in [0, 0.05) is 32.7 Å². The van der Waals surface area contributed by atoms with E-state index in [1.54, 1.807) is 13.0 Å². The molecule has 5 nitrogen and oxygen atoms in total. The van der Waals surface area contributed by atoms with Gasteiger partial charge in [-0.3, -0.25) is 4.90 Å². The number of pyridine rings is 1. The van der Waals surface area contributed by atoms with Crippen molar-refractivity contribution in [3.8, 4) is 5.75 Å². The van der Waals surface area contributed by atoms with E-state index in [0.29, 0.717) is 11.4 Å². The van der Waals surface area contributed by atoms with E-state index in [1.165, 1.54) is 0 Å². The Hall–Kier alpha value is -2.11. The van der Waals surface area contributed by atoms with E-state index in [9.17, 15) is 10.2 Å². The molecule has 2 heterocycles. The van der Waals surface area contributed by atoms with Crippen molar-refractivity contribution in [2.75, 3.05) is 31.1 Å². The third kappa shape index (κ3) is 4.00. The van der Waals surface area contributed by atoms with Gasteiger partial charge >= 0.3 is 0 Å². The fourth-order valence-electron chi connectivity index (χ4n) is 2.90. The molecule has 5 heteroatoms. The summed E-state index contributed by atoms with van der Waals surface area (Å²) in [5, 5.41) is 19.2. The molecule has 0 bridgehead atoms. The summed E-state index contributed by atoms with van der Waals surface area (Å²) in [6, 6.07) is 13.2. The van der Waals surface area contributed by atoms with Crippen molar-refractivity contribution in [1.29, 1.82) is 0 Å². The van der Waals surface area contributed by atoms with Crippen LogP contribution in [-0.4, -0.2) is 46.3 Å². The summed E-state index contributed by atoms with van der Waals surface area (Å²) < 4.78 is 0. The summed E-state index contributed by atoms with van der Waals surface area (Å²) in [6.45, 7) is 6.32. The maximum Gasteiger partial charge on any atom is 0.129 e. The minimum Gasteiger partial charge on any atom is -0.508 e. The second kappa shape index (κ2) is 6.98. The van der Waals surface area contributed by atoms with Gasteiger partial charge in [-0.15, -0.1) is 0 Å². The minimum absolute atomic E-state index is 0.320. The summed E-state index contributed by atoms with van der Waals surface area (Å²) in [7, 11) is 0. The first-order valence-electron chi connectivity index (χ1n) is 8.02. The maximum atomic E-state index is 9.67. The second-order valence-corrected chi connectivity index (χ2v) is 6.03. The predicted molar refractivity (Wildman–Crippen MR) is 90.5 cm³/mol. The number of hydrogen-bond donors (Lipinski definition) is 2. The zero-order valence-electron chi connectivity index (χ0n) is 13.4. The Kier molecular flexibility index (Phi) is 4.79. The number of phenols is 1. The van der Waals surface area contributed by atoms with E-state index >= 15 is 0 Å². The van der Waals surface area contributed by atoms with Crippen LogP contribution < -0.4 is 4.90 Å². The summed E-state index contributed by atoms with van der Waals surface area (Å²) in [6.07, 6.45) is -0.540. The highest BCUT2D eigenvalue weighted by Gasteiger charge is 2.18. The van der Waals surface area contributed by atoms with Gasteiger partial charge in [-0.25, -0.2) is 4.98 Å². The molecule has 3 rings (SSSR count). The number of aliphatic hydroxyl groups excluding tert-OH is 1. The van der Waals surface area contributed by atoms with Crippen molar-refractivity contribution in [3.63, 3.8) is 0 Å². The lowest BCUT2D eigenvalue weighted by Crippen LogP contribution is -2.46. The molecule has 0 radical (unpaired) electrons. The van der Waals surface area contributed by atoms with Crippen LogP contribution in [0.1, 0.15) is 24.3 Å². The normalized spacial score (nSPS) is 17.2. The monoisotopic (exact) mass is 313 g/mol. The highest BCUT2D eigenvalue weighted by Crippen LogP contribution is 2.19. The fourth-order valence-corrected chi connectivity index (χ4v) is 2.90. The largest absolute Gasteiger partial charge is 0.508 e. The van der Waals surface area contributed by atoms with Gasteiger partial charge in [-0.1, -0.05) is 18.2 Å². The third-order valence-electron chi connectivity index (χ3n) is 4.20. The van der Waals surface area contributed by atoms with Crippen LogP contribution in [0.2, 0.25) is 0 Å². The van der Waals surface area contributed by atoms with Crippen molar-refractivity contribution in [3.05, 3.63) is 53.7 Å². The molecule has 0 aliphatic carbocycles. The van der Waals surface area contributed by atoms with Crippen LogP contribution in [0, 0.1) is 0 Å². The molecular formula is C18H23N3O2. The van der Waals surface area contributed by atoms with E-state index in [0.717, 1.165) is 44.1 Å². The number of aromatic hydroxyl groups is 1. The molecule has 1 fully saturated rings. The number of piperazine rings is 1. The predicted octanol–water partition coefficient (Wildman–Crippen LogP) is 2.16. The average molecular weight is 313 g/mol. The molecule has 1 aliphatic rings. The molecule has 1 atom stereocenters. The van der Waals surface area contributed by atoms with Crippen LogP contribution in [-0.2, 0) is 6.54 Å². The molecule has 2 N–H and O–H groups in total. The summed E-state index contributed by atoms with van der Waals surface area (Å²) in [5.41, 5.74) is 1.84. The molecule has 0 spiro atoms. The molecule has 1 saturated heterocycles. The lowest BCUT2D eigenvalue weighted by molar-refractivity contribution is 0.194. The van der Waals surface area contributed by atoms with Crippen LogP contribution >= 0.6 is 0 Å². The Bertz CT molecular complexity index is 652. The van der Waals surface area contributed by atoms with E-state index in [2.05, 4.69) is 14.8 Å². The van der Waals surface area contributed by atoms with Crippen LogP contribution in [0.3, 0.4) is 0 Å². The fraction of sp³-hybridized carbons (Fsp3) is 0.389. The number of phenolic OH excluding ortho intramolecular Hbond substituents is 1. The van der Waals surface area contributed by atoms with Gasteiger partial charge in [0.05, 0.1) is 11.8 Å². The third-order valence-corrected chi connectivity index (χ3v) is 4.20. The highest BCUT2D eigenvalue weighted by molar-refractivity contribution is 5.40. The molecule has 0 amide bonds. The molecule has 1 unspecified atom stereocenters. The van der Waals surface area contributed by atoms with E-state index in [-0.39, 0.29) is 0 Å². The Labute approximate surface area is 136 Å². The van der Waals surface area contributed by atoms with Gasteiger partial charge < -0.3 is 15.1 Å². The Morgan fingerprint density at radius 2 is 1.83 bits per heavy atom. The summed E-state index contributed by atoms with van der Waals surface area (Å²) >= 11 is 0. The van der Waals surface area contributed by atoms with E-state index in [1.807, 2.05) is 36.4 Å². The zero-order chi connectivity index (χ0) is 16.2. The topological polar surface area (TPSA) is 59.8 Å². The number of hydrogen-bond acceptors (Lipinski definition) is 5. The summed E-state index contributed by atoms with van der Waals surface area (Å²) in [4.78, 5) is 9.17. The maximum absolute atomic E-state index is 9.67. The first-order chi connectivity index (χ1) is 11.1. The number of benzene rings is 1. The SMILES string of the molecule is CC(O)c1cccc(N2CCN(Cc3cccc(O)c3)CC2)n1. The zero-order valence-corrected chi connectivity index (χ0v) is 13.4. The van der Waals surface area contributed by atoms with Gasteiger partial charge in [-0.05, 0) is 36.8 Å². The lowest BCUT2D eigenvalue weighted by atomic mass is 10.2.